The number of hydrogen-bond acceptors (Lipinski definition) is 7. The quantitative estimate of drug-likeness (QED) is 0.511. The average molecular weight is 420 g/mol. The van der Waals surface area contributed by atoms with Gasteiger partial charge in [-0.3, -0.25) is 24.3 Å². The second-order valence-corrected chi connectivity index (χ2v) is 5.21. The minimum Gasteiger partial charge on any atom is -0.465 e. The van der Waals surface area contributed by atoms with E-state index in [0.717, 1.165) is 0 Å². The molecule has 0 amide bonds. The minimum absolute atomic E-state index is 0. The van der Waals surface area contributed by atoms with Crippen LogP contribution in [-0.4, -0.2) is 41.2 Å². The molecule has 150 valence electrons. The van der Waals surface area contributed by atoms with Crippen LogP contribution in [0.5, 0.6) is 0 Å². The van der Waals surface area contributed by atoms with Crippen molar-refractivity contribution in [2.45, 2.75) is 20.5 Å². The maximum atomic E-state index is 12.4. The molecule has 0 aliphatic heterocycles. The molecule has 0 fully saturated rings. The second kappa shape index (κ2) is 12.3. The Morgan fingerprint density at radius 3 is 2.30 bits per heavy atom. The summed E-state index contributed by atoms with van der Waals surface area (Å²) in [6, 6.07) is 7.02. The summed E-state index contributed by atoms with van der Waals surface area (Å²) in [5.41, 5.74) is 0.404. The number of para-hydroxylation sites is 1. The molecule has 0 saturated carbocycles. The van der Waals surface area contributed by atoms with Crippen LogP contribution in [0.25, 0.3) is 10.9 Å². The Hall–Kier alpha value is -2.16. The predicted molar refractivity (Wildman–Crippen MR) is 105 cm³/mol. The molecule has 1 heterocycles. The number of carbonyl (C=O) groups excluding carboxylic acids is 2. The lowest BCUT2D eigenvalue weighted by molar-refractivity contribution is -0.161. The van der Waals surface area contributed by atoms with Gasteiger partial charge in [-0.15, -0.1) is 24.8 Å². The minimum atomic E-state index is -1.08. The number of halogens is 2. The highest BCUT2D eigenvalue weighted by molar-refractivity contribution is 5.95. The third-order valence-electron chi connectivity index (χ3n) is 3.50. The van der Waals surface area contributed by atoms with E-state index in [1.54, 1.807) is 38.1 Å². The van der Waals surface area contributed by atoms with Gasteiger partial charge in [-0.25, -0.2) is 4.98 Å². The van der Waals surface area contributed by atoms with E-state index in [9.17, 15) is 14.4 Å². The van der Waals surface area contributed by atoms with Crippen molar-refractivity contribution in [1.82, 2.24) is 14.9 Å². The van der Waals surface area contributed by atoms with E-state index in [1.165, 1.54) is 10.9 Å². The molecule has 1 aromatic carbocycles. The molecular weight excluding hydrogens is 397 g/mol. The number of nitrogens with one attached hydrogen (secondary N) is 1. The Balaban J connectivity index is 0.00000338. The third-order valence-corrected chi connectivity index (χ3v) is 3.50. The van der Waals surface area contributed by atoms with Gasteiger partial charge in [0.15, 0.2) is 5.92 Å². The summed E-state index contributed by atoms with van der Waals surface area (Å²) in [6.07, 6.45) is 1.42. The highest BCUT2D eigenvalue weighted by Crippen LogP contribution is 2.05. The maximum Gasteiger partial charge on any atom is 0.321 e. The zero-order valence-electron chi connectivity index (χ0n) is 15.0. The van der Waals surface area contributed by atoms with E-state index in [4.69, 9.17) is 9.47 Å². The summed E-state index contributed by atoms with van der Waals surface area (Å²) in [7, 11) is 0. The lowest BCUT2D eigenvalue weighted by Gasteiger charge is -2.15. The van der Waals surface area contributed by atoms with Crippen molar-refractivity contribution in [3.8, 4) is 0 Å². The molecule has 2 aromatic rings. The Morgan fingerprint density at radius 1 is 1.11 bits per heavy atom. The van der Waals surface area contributed by atoms with Gasteiger partial charge in [0.1, 0.15) is 0 Å². The first-order chi connectivity index (χ1) is 12.1. The van der Waals surface area contributed by atoms with E-state index >= 15 is 0 Å². The molecular formula is C17H23Cl2N3O5. The van der Waals surface area contributed by atoms with Gasteiger partial charge in [0.2, 0.25) is 0 Å². The van der Waals surface area contributed by atoms with E-state index in [0.29, 0.717) is 10.9 Å². The van der Waals surface area contributed by atoms with Crippen molar-refractivity contribution >= 4 is 47.7 Å². The molecule has 0 spiro atoms. The summed E-state index contributed by atoms with van der Waals surface area (Å²) < 4.78 is 11.2. The van der Waals surface area contributed by atoms with Gasteiger partial charge < -0.3 is 9.47 Å². The summed E-state index contributed by atoms with van der Waals surface area (Å²) in [5.74, 6) is -2.39. The van der Waals surface area contributed by atoms with Crippen LogP contribution in [0.15, 0.2) is 35.4 Å². The van der Waals surface area contributed by atoms with Crippen LogP contribution in [-0.2, 0) is 25.7 Å². The average Bonchev–Trinajstić information content (AvgIpc) is 2.61. The van der Waals surface area contributed by atoms with Crippen molar-refractivity contribution in [3.63, 3.8) is 0 Å². The molecule has 2 rings (SSSR count). The zero-order chi connectivity index (χ0) is 18.2. The van der Waals surface area contributed by atoms with Crippen LogP contribution in [0.4, 0.5) is 0 Å². The number of nitrogens with zero attached hydrogens (tertiary/aromatic N) is 2. The number of carbonyl (C=O) groups is 2. The van der Waals surface area contributed by atoms with Crippen LogP contribution in [0.1, 0.15) is 13.8 Å². The Bertz CT molecular complexity index is 795. The smallest absolute Gasteiger partial charge is 0.321 e. The molecule has 1 N–H and O–H groups in total. The Morgan fingerprint density at radius 2 is 1.70 bits per heavy atom. The molecule has 1 aromatic heterocycles. The summed E-state index contributed by atoms with van der Waals surface area (Å²) in [5, 5.41) is 3.41. The molecule has 0 atom stereocenters. The largest absolute Gasteiger partial charge is 0.465 e. The van der Waals surface area contributed by atoms with E-state index < -0.39 is 17.9 Å². The second-order valence-electron chi connectivity index (χ2n) is 5.21. The molecule has 8 nitrogen and oxygen atoms in total. The first kappa shape index (κ1) is 24.8. The number of esters is 2. The van der Waals surface area contributed by atoms with Crippen molar-refractivity contribution in [3.05, 3.63) is 40.9 Å². The molecule has 0 aliphatic carbocycles. The summed E-state index contributed by atoms with van der Waals surface area (Å²) in [4.78, 5) is 40.4. The van der Waals surface area contributed by atoms with Gasteiger partial charge in [-0.05, 0) is 26.0 Å². The van der Waals surface area contributed by atoms with Crippen LogP contribution in [0.2, 0.25) is 0 Å². The van der Waals surface area contributed by atoms with Crippen LogP contribution in [0, 0.1) is 5.92 Å². The molecule has 27 heavy (non-hydrogen) atoms. The van der Waals surface area contributed by atoms with Crippen molar-refractivity contribution in [2.75, 3.05) is 19.8 Å². The van der Waals surface area contributed by atoms with Gasteiger partial charge in [0.25, 0.3) is 5.56 Å². The number of aromatic nitrogens is 2. The molecule has 0 bridgehead atoms. The topological polar surface area (TPSA) is 99.5 Å². The van der Waals surface area contributed by atoms with E-state index in [1.807, 2.05) is 0 Å². The number of benzene rings is 1. The first-order valence-corrected chi connectivity index (χ1v) is 8.06. The molecule has 0 radical (unpaired) electrons. The number of rotatable bonds is 8. The van der Waals surface area contributed by atoms with E-state index in [2.05, 4.69) is 10.3 Å². The van der Waals surface area contributed by atoms with Gasteiger partial charge in [0.05, 0.1) is 37.1 Å². The maximum absolute atomic E-state index is 12.4. The molecule has 10 heteroatoms. The summed E-state index contributed by atoms with van der Waals surface area (Å²) in [6.45, 7) is 3.76. The highest BCUT2D eigenvalue weighted by Gasteiger charge is 2.29. The lowest BCUT2D eigenvalue weighted by Crippen LogP contribution is -2.39. The van der Waals surface area contributed by atoms with E-state index in [-0.39, 0.29) is 56.8 Å². The van der Waals surface area contributed by atoms with Crippen molar-refractivity contribution in [1.29, 1.82) is 0 Å². The van der Waals surface area contributed by atoms with Gasteiger partial charge in [-0.2, -0.15) is 0 Å². The van der Waals surface area contributed by atoms with Crippen LogP contribution in [0.3, 0.4) is 0 Å². The van der Waals surface area contributed by atoms with Gasteiger partial charge in [-0.1, -0.05) is 12.1 Å². The number of ether oxygens (including phenoxy) is 2. The SMILES string of the molecule is CCOC(=O)C(CNCn1cnc2ccccc2c1=O)C(=O)OCC.Cl.Cl. The normalized spacial score (nSPS) is 10.0. The zero-order valence-corrected chi connectivity index (χ0v) is 16.7. The van der Waals surface area contributed by atoms with Crippen LogP contribution >= 0.6 is 24.8 Å². The monoisotopic (exact) mass is 419 g/mol. The van der Waals surface area contributed by atoms with Crippen molar-refractivity contribution < 1.29 is 19.1 Å². The molecule has 0 unspecified atom stereocenters. The predicted octanol–water partition coefficient (Wildman–Crippen LogP) is 1.53. The highest BCUT2D eigenvalue weighted by atomic mass is 35.5. The lowest BCUT2D eigenvalue weighted by atomic mass is 10.1. The van der Waals surface area contributed by atoms with Crippen molar-refractivity contribution in [2.24, 2.45) is 5.92 Å². The Labute approximate surface area is 169 Å². The van der Waals surface area contributed by atoms with Gasteiger partial charge in [0, 0.05) is 6.54 Å². The molecule has 0 aliphatic rings. The number of hydrogen-bond donors (Lipinski definition) is 1. The summed E-state index contributed by atoms with van der Waals surface area (Å²) >= 11 is 0. The fourth-order valence-electron chi connectivity index (χ4n) is 2.30. The fourth-order valence-corrected chi connectivity index (χ4v) is 2.30. The molecule has 0 saturated heterocycles. The van der Waals surface area contributed by atoms with Crippen LogP contribution < -0.4 is 10.9 Å². The third kappa shape index (κ3) is 6.50. The standard InChI is InChI=1S/C17H21N3O5.2ClH/c1-3-24-16(22)13(17(23)25-4-2)9-18-10-20-11-19-14-8-6-5-7-12(14)15(20)21;;/h5-8,11,13,18H,3-4,9-10H2,1-2H3;2*1H. The fraction of sp³-hybridized carbons (Fsp3) is 0.412. The Kier molecular flexibility index (Phi) is 11.3. The van der Waals surface area contributed by atoms with Gasteiger partial charge >= 0.3 is 11.9 Å². The number of fused-ring (bicyclic) bond motifs is 1. The first-order valence-electron chi connectivity index (χ1n) is 8.06.